The second-order valence-corrected chi connectivity index (χ2v) is 10.3. The van der Waals surface area contributed by atoms with Crippen LogP contribution in [0.4, 0.5) is 24.9 Å². The Hall–Kier alpha value is -3.47. The highest BCUT2D eigenvalue weighted by Gasteiger charge is 2.32. The molecule has 2 fully saturated rings. The van der Waals surface area contributed by atoms with Crippen molar-refractivity contribution in [3.8, 4) is 17.4 Å². The van der Waals surface area contributed by atoms with E-state index in [1.165, 1.54) is 18.6 Å². The summed E-state index contributed by atoms with van der Waals surface area (Å²) in [5, 5.41) is 12.7. The monoisotopic (exact) mass is 508 g/mol. The van der Waals surface area contributed by atoms with Crippen molar-refractivity contribution in [2.24, 2.45) is 11.8 Å². The van der Waals surface area contributed by atoms with Gasteiger partial charge in [-0.3, -0.25) is 0 Å². The summed E-state index contributed by atoms with van der Waals surface area (Å²) in [5.41, 5.74) is 1.66. The summed E-state index contributed by atoms with van der Waals surface area (Å²) >= 11 is 0. The molecule has 5 rings (SSSR count). The van der Waals surface area contributed by atoms with Crippen molar-refractivity contribution in [2.45, 2.75) is 57.2 Å². The van der Waals surface area contributed by atoms with Gasteiger partial charge < -0.3 is 14.6 Å². The van der Waals surface area contributed by atoms with Gasteiger partial charge in [-0.05, 0) is 80.3 Å². The van der Waals surface area contributed by atoms with Crippen LogP contribution in [0.5, 0.6) is 0 Å². The highest BCUT2D eigenvalue weighted by molar-refractivity contribution is 5.60. The molecule has 2 aromatic carbocycles. The number of nitrogens with zero attached hydrogens (tertiary/aromatic N) is 3. The maximum absolute atomic E-state index is 13.0. The average molecular weight is 509 g/mol. The fourth-order valence-electron chi connectivity index (χ4n) is 5.84. The first-order valence-corrected chi connectivity index (χ1v) is 13.0. The topological polar surface area (TPSA) is 65.1 Å². The second-order valence-electron chi connectivity index (χ2n) is 10.3. The third-order valence-corrected chi connectivity index (χ3v) is 7.71. The molecule has 5 nitrogen and oxygen atoms in total. The summed E-state index contributed by atoms with van der Waals surface area (Å²) in [6, 6.07) is 15.8. The molecule has 1 aromatic heterocycles. The Kier molecular flexibility index (Phi) is 7.40. The number of rotatable bonds is 6. The van der Waals surface area contributed by atoms with Gasteiger partial charge in [0.15, 0.2) is 5.76 Å². The zero-order chi connectivity index (χ0) is 25.8. The molecule has 1 aliphatic carbocycles. The number of piperidine rings is 1. The van der Waals surface area contributed by atoms with Gasteiger partial charge in [-0.15, -0.1) is 0 Å². The molecule has 1 saturated heterocycles. The lowest BCUT2D eigenvalue weighted by atomic mass is 9.77. The van der Waals surface area contributed by atoms with Gasteiger partial charge in [-0.2, -0.15) is 18.4 Å². The lowest BCUT2D eigenvalue weighted by molar-refractivity contribution is -0.137. The minimum absolute atomic E-state index is 0.270. The van der Waals surface area contributed by atoms with Gasteiger partial charge in [0, 0.05) is 30.4 Å². The molecule has 2 heterocycles. The molecule has 3 aromatic rings. The van der Waals surface area contributed by atoms with Gasteiger partial charge in [0.2, 0.25) is 0 Å². The smallest absolute Gasteiger partial charge is 0.416 e. The van der Waals surface area contributed by atoms with Gasteiger partial charge >= 0.3 is 6.18 Å². The molecular formula is C29H31F3N4O. The lowest BCUT2D eigenvalue weighted by Crippen LogP contribution is -2.39. The molecule has 0 unspecified atom stereocenters. The Labute approximate surface area is 215 Å². The Morgan fingerprint density at radius 2 is 1.86 bits per heavy atom. The van der Waals surface area contributed by atoms with Crippen molar-refractivity contribution >= 4 is 11.7 Å². The zero-order valence-electron chi connectivity index (χ0n) is 20.7. The minimum Gasteiger partial charge on any atom is -0.424 e. The van der Waals surface area contributed by atoms with Gasteiger partial charge in [0.25, 0.3) is 6.01 Å². The van der Waals surface area contributed by atoms with E-state index < -0.39 is 11.7 Å². The van der Waals surface area contributed by atoms with E-state index >= 15 is 0 Å². The number of halogens is 3. The van der Waals surface area contributed by atoms with Crippen LogP contribution in [0.25, 0.3) is 11.3 Å². The number of hydrogen-bond acceptors (Lipinski definition) is 5. The summed E-state index contributed by atoms with van der Waals surface area (Å²) in [4.78, 5) is 6.68. The van der Waals surface area contributed by atoms with Gasteiger partial charge in [0.1, 0.15) is 0 Å². The predicted octanol–water partition coefficient (Wildman–Crippen LogP) is 7.51. The van der Waals surface area contributed by atoms with Crippen molar-refractivity contribution in [3.05, 3.63) is 65.9 Å². The summed E-state index contributed by atoms with van der Waals surface area (Å²) < 4.78 is 44.9. The van der Waals surface area contributed by atoms with Crippen LogP contribution in [-0.2, 0) is 6.18 Å². The van der Waals surface area contributed by atoms with Crippen LogP contribution in [0.3, 0.4) is 0 Å². The zero-order valence-corrected chi connectivity index (χ0v) is 20.7. The Bertz CT molecular complexity index is 1230. The number of anilines is 2. The van der Waals surface area contributed by atoms with E-state index in [1.54, 1.807) is 30.5 Å². The molecular weight excluding hydrogens is 477 g/mol. The van der Waals surface area contributed by atoms with Crippen molar-refractivity contribution in [2.75, 3.05) is 23.3 Å². The molecule has 3 atom stereocenters. The molecule has 1 aliphatic heterocycles. The van der Waals surface area contributed by atoms with Crippen molar-refractivity contribution in [3.63, 3.8) is 0 Å². The minimum atomic E-state index is -4.31. The average Bonchev–Trinajstić information content (AvgIpc) is 3.38. The van der Waals surface area contributed by atoms with Crippen molar-refractivity contribution < 1.29 is 17.6 Å². The number of oxazole rings is 1. The number of aromatic nitrogens is 1. The van der Waals surface area contributed by atoms with E-state index in [1.807, 2.05) is 12.1 Å². The summed E-state index contributed by atoms with van der Waals surface area (Å²) in [6.45, 7) is 1.74. The highest BCUT2D eigenvalue weighted by atomic mass is 19.4. The van der Waals surface area contributed by atoms with Crippen LogP contribution >= 0.6 is 0 Å². The summed E-state index contributed by atoms with van der Waals surface area (Å²) in [7, 11) is 0. The number of nitriles is 1. The number of benzene rings is 2. The maximum atomic E-state index is 13.0. The van der Waals surface area contributed by atoms with Gasteiger partial charge in [0.05, 0.1) is 23.4 Å². The van der Waals surface area contributed by atoms with E-state index in [0.29, 0.717) is 29.2 Å². The van der Waals surface area contributed by atoms with E-state index in [9.17, 15) is 13.2 Å². The Morgan fingerprint density at radius 1 is 1.05 bits per heavy atom. The standard InChI is InChI=1S/C29H31F3N4O/c30-29(31,32)24-10-12-25(13-11-24)36-14-4-6-21(19-36)16-22-7-1-2-9-26(22)35-28-34-18-27(37-28)23-8-3-5-20(15-23)17-33/h3,5,8,10-13,15,18,21-22,26H,1-2,4,6-7,9,14,16,19H2,(H,34,35)/t21-,22+,26-/m1/s1. The van der Waals surface area contributed by atoms with Gasteiger partial charge in [-0.1, -0.05) is 25.0 Å². The number of alkyl halides is 3. The molecule has 0 bridgehead atoms. The third kappa shape index (κ3) is 6.10. The quantitative estimate of drug-likeness (QED) is 0.373. The fraction of sp³-hybridized carbons (Fsp3) is 0.448. The van der Waals surface area contributed by atoms with Crippen molar-refractivity contribution in [1.29, 1.82) is 5.26 Å². The Balaban J connectivity index is 1.22. The second kappa shape index (κ2) is 10.9. The molecule has 1 N–H and O–H groups in total. The number of hydrogen-bond donors (Lipinski definition) is 1. The van der Waals surface area contributed by atoms with E-state index in [0.717, 1.165) is 62.9 Å². The third-order valence-electron chi connectivity index (χ3n) is 7.71. The van der Waals surface area contributed by atoms with Crippen LogP contribution in [0.15, 0.2) is 59.1 Å². The van der Waals surface area contributed by atoms with Crippen LogP contribution < -0.4 is 10.2 Å². The van der Waals surface area contributed by atoms with Crippen LogP contribution in [0.2, 0.25) is 0 Å². The fourth-order valence-corrected chi connectivity index (χ4v) is 5.84. The van der Waals surface area contributed by atoms with Crippen molar-refractivity contribution in [1.82, 2.24) is 4.98 Å². The first kappa shape index (κ1) is 25.2. The molecule has 8 heteroatoms. The Morgan fingerprint density at radius 3 is 2.65 bits per heavy atom. The normalized spacial score (nSPS) is 22.4. The van der Waals surface area contributed by atoms with Crippen LogP contribution in [0.1, 0.15) is 56.1 Å². The predicted molar refractivity (Wildman–Crippen MR) is 137 cm³/mol. The maximum Gasteiger partial charge on any atom is 0.416 e. The number of nitrogens with one attached hydrogen (secondary N) is 1. The van der Waals surface area contributed by atoms with E-state index in [4.69, 9.17) is 9.68 Å². The first-order chi connectivity index (χ1) is 17.9. The SMILES string of the molecule is N#Cc1cccc(-c2cnc(N[C@@H]3CCCC[C@H]3C[C@H]3CCCN(c4ccc(C(F)(F)F)cc4)C3)o2)c1. The largest absolute Gasteiger partial charge is 0.424 e. The summed E-state index contributed by atoms with van der Waals surface area (Å²) in [6.07, 6.45) is 5.21. The molecule has 0 spiro atoms. The van der Waals surface area contributed by atoms with Crippen LogP contribution in [0, 0.1) is 23.2 Å². The molecule has 2 aliphatic rings. The molecule has 0 radical (unpaired) electrons. The van der Waals surface area contributed by atoms with E-state index in [2.05, 4.69) is 21.3 Å². The summed E-state index contributed by atoms with van der Waals surface area (Å²) in [5.74, 6) is 1.62. The molecule has 0 amide bonds. The molecule has 37 heavy (non-hydrogen) atoms. The van der Waals surface area contributed by atoms with Gasteiger partial charge in [-0.25, -0.2) is 4.98 Å². The molecule has 194 valence electrons. The highest BCUT2D eigenvalue weighted by Crippen LogP contribution is 2.36. The van der Waals surface area contributed by atoms with Crippen LogP contribution in [-0.4, -0.2) is 24.1 Å². The van der Waals surface area contributed by atoms with E-state index in [-0.39, 0.29) is 6.04 Å². The molecule has 1 saturated carbocycles. The lowest BCUT2D eigenvalue weighted by Gasteiger charge is -2.39. The first-order valence-electron chi connectivity index (χ1n) is 13.0.